The van der Waals surface area contributed by atoms with Crippen molar-refractivity contribution in [3.63, 3.8) is 0 Å². The van der Waals surface area contributed by atoms with Crippen LogP contribution in [0.2, 0.25) is 0 Å². The second-order valence-electron chi connectivity index (χ2n) is 2.99. The maximum atomic E-state index is 10.1. The van der Waals surface area contributed by atoms with E-state index in [4.69, 9.17) is 15.9 Å². The van der Waals surface area contributed by atoms with Gasteiger partial charge >= 0.3 is 5.97 Å². The molecule has 0 aromatic heterocycles. The van der Waals surface area contributed by atoms with Crippen LogP contribution in [0.25, 0.3) is 0 Å². The van der Waals surface area contributed by atoms with Crippen LogP contribution >= 0.6 is 0 Å². The van der Waals surface area contributed by atoms with E-state index >= 15 is 0 Å². The van der Waals surface area contributed by atoms with Gasteiger partial charge < -0.3 is 15.9 Å². The summed E-state index contributed by atoms with van der Waals surface area (Å²) in [5.74, 6) is -0.919. The van der Waals surface area contributed by atoms with Crippen molar-refractivity contribution in [2.24, 2.45) is 11.7 Å². The first-order chi connectivity index (χ1) is 4.95. The molecule has 0 saturated carbocycles. The van der Waals surface area contributed by atoms with Gasteiger partial charge in [0.1, 0.15) is 0 Å². The molecule has 11 heavy (non-hydrogen) atoms. The normalized spacial score (nSPS) is 16.5. The van der Waals surface area contributed by atoms with Gasteiger partial charge in [0.05, 0.1) is 12.5 Å². The van der Waals surface area contributed by atoms with E-state index < -0.39 is 18.1 Å². The molecule has 0 heterocycles. The number of aliphatic hydroxyl groups is 1. The van der Waals surface area contributed by atoms with Crippen LogP contribution < -0.4 is 5.73 Å². The summed E-state index contributed by atoms with van der Waals surface area (Å²) in [5.41, 5.74) is 5.49. The lowest BCUT2D eigenvalue weighted by atomic mass is 9.98. The van der Waals surface area contributed by atoms with Crippen molar-refractivity contribution in [2.75, 3.05) is 0 Å². The summed E-state index contributed by atoms with van der Waals surface area (Å²) in [6, 6.07) is -0.453. The average Bonchev–Trinajstić information content (AvgIpc) is 1.84. The number of hydrogen-bond acceptors (Lipinski definition) is 3. The molecule has 0 aromatic carbocycles. The van der Waals surface area contributed by atoms with Crippen LogP contribution in [0.1, 0.15) is 20.3 Å². The van der Waals surface area contributed by atoms with E-state index in [-0.39, 0.29) is 12.3 Å². The number of nitrogens with two attached hydrogens (primary N) is 1. The monoisotopic (exact) mass is 161 g/mol. The third-order valence-electron chi connectivity index (χ3n) is 1.60. The minimum absolute atomic E-state index is 0.101. The standard InChI is InChI=1S/C7H15NO3/c1-4(2)7(8)5(9)3-6(10)11/h4-5,7,9H,3,8H2,1-2H3,(H,10,11)/t5-,7+/m1/s1. The highest BCUT2D eigenvalue weighted by Crippen LogP contribution is 2.06. The maximum absolute atomic E-state index is 10.1. The van der Waals surface area contributed by atoms with Gasteiger partial charge in [0.15, 0.2) is 0 Å². The van der Waals surface area contributed by atoms with Crippen molar-refractivity contribution < 1.29 is 15.0 Å². The Kier molecular flexibility index (Phi) is 4.07. The molecule has 0 radical (unpaired) electrons. The van der Waals surface area contributed by atoms with Crippen LogP contribution in [0, 0.1) is 5.92 Å². The van der Waals surface area contributed by atoms with Gasteiger partial charge in [0.25, 0.3) is 0 Å². The van der Waals surface area contributed by atoms with E-state index in [9.17, 15) is 4.79 Å². The average molecular weight is 161 g/mol. The minimum atomic E-state index is -1.02. The number of hydrogen-bond donors (Lipinski definition) is 3. The molecule has 0 aliphatic rings. The molecule has 0 aliphatic carbocycles. The zero-order valence-electron chi connectivity index (χ0n) is 6.82. The molecule has 0 aromatic rings. The third kappa shape index (κ3) is 3.95. The zero-order valence-corrected chi connectivity index (χ0v) is 6.82. The van der Waals surface area contributed by atoms with Crippen molar-refractivity contribution in [3.8, 4) is 0 Å². The number of carbonyl (C=O) groups is 1. The Hall–Kier alpha value is -0.610. The molecule has 0 rings (SSSR count). The van der Waals surface area contributed by atoms with E-state index in [1.807, 2.05) is 13.8 Å². The molecule has 0 fully saturated rings. The summed E-state index contributed by atoms with van der Waals surface area (Å²) in [6.45, 7) is 3.69. The molecule has 0 saturated heterocycles. The molecular formula is C7H15NO3. The van der Waals surface area contributed by atoms with Crippen molar-refractivity contribution >= 4 is 5.97 Å². The smallest absolute Gasteiger partial charge is 0.306 e. The van der Waals surface area contributed by atoms with Crippen LogP contribution in [-0.2, 0) is 4.79 Å². The largest absolute Gasteiger partial charge is 0.481 e. The Morgan fingerprint density at radius 2 is 2.00 bits per heavy atom. The Morgan fingerprint density at radius 3 is 2.27 bits per heavy atom. The second-order valence-corrected chi connectivity index (χ2v) is 2.99. The topological polar surface area (TPSA) is 83.5 Å². The summed E-state index contributed by atoms with van der Waals surface area (Å²) >= 11 is 0. The van der Waals surface area contributed by atoms with Gasteiger partial charge in [0.2, 0.25) is 0 Å². The first-order valence-electron chi connectivity index (χ1n) is 3.60. The van der Waals surface area contributed by atoms with E-state index in [1.54, 1.807) is 0 Å². The summed E-state index contributed by atoms with van der Waals surface area (Å²) in [4.78, 5) is 10.1. The molecule has 0 bridgehead atoms. The van der Waals surface area contributed by atoms with Crippen LogP contribution in [0.15, 0.2) is 0 Å². The number of aliphatic carboxylic acids is 1. The first-order valence-corrected chi connectivity index (χ1v) is 3.60. The summed E-state index contributed by atoms with van der Waals surface area (Å²) in [5, 5.41) is 17.5. The molecule has 4 heteroatoms. The van der Waals surface area contributed by atoms with Gasteiger partial charge in [-0.15, -0.1) is 0 Å². The van der Waals surface area contributed by atoms with Crippen LogP contribution in [0.4, 0.5) is 0 Å². The highest BCUT2D eigenvalue weighted by Gasteiger charge is 2.20. The van der Waals surface area contributed by atoms with Crippen molar-refractivity contribution in [2.45, 2.75) is 32.4 Å². The van der Waals surface area contributed by atoms with Gasteiger partial charge in [-0.3, -0.25) is 4.79 Å². The van der Waals surface area contributed by atoms with Crippen LogP contribution in [0.3, 0.4) is 0 Å². The summed E-state index contributed by atoms with van der Waals surface area (Å²) < 4.78 is 0. The number of carboxylic acid groups (broad SMARTS) is 1. The highest BCUT2D eigenvalue weighted by molar-refractivity contribution is 5.67. The Labute approximate surface area is 66.0 Å². The summed E-state index contributed by atoms with van der Waals surface area (Å²) in [6.07, 6.45) is -1.22. The predicted molar refractivity (Wildman–Crippen MR) is 41.1 cm³/mol. The van der Waals surface area contributed by atoms with E-state index in [0.717, 1.165) is 0 Å². The molecule has 0 unspecified atom stereocenters. The highest BCUT2D eigenvalue weighted by atomic mass is 16.4. The van der Waals surface area contributed by atoms with Gasteiger partial charge in [-0.25, -0.2) is 0 Å². The Bertz CT molecular complexity index is 136. The fraction of sp³-hybridized carbons (Fsp3) is 0.857. The number of rotatable bonds is 4. The SMILES string of the molecule is CC(C)[C@H](N)[C@H](O)CC(=O)O. The maximum Gasteiger partial charge on any atom is 0.306 e. The molecule has 2 atom stereocenters. The van der Waals surface area contributed by atoms with Gasteiger partial charge in [-0.05, 0) is 5.92 Å². The number of aliphatic hydroxyl groups excluding tert-OH is 1. The van der Waals surface area contributed by atoms with Gasteiger partial charge in [-0.1, -0.05) is 13.8 Å². The molecular weight excluding hydrogens is 146 g/mol. The number of carboxylic acids is 1. The van der Waals surface area contributed by atoms with Crippen molar-refractivity contribution in [1.29, 1.82) is 0 Å². The fourth-order valence-electron chi connectivity index (χ4n) is 0.759. The quantitative estimate of drug-likeness (QED) is 0.533. The van der Waals surface area contributed by atoms with Crippen LogP contribution in [-0.4, -0.2) is 28.3 Å². The lowest BCUT2D eigenvalue weighted by molar-refractivity contribution is -0.139. The lowest BCUT2D eigenvalue weighted by Crippen LogP contribution is -2.40. The summed E-state index contributed by atoms with van der Waals surface area (Å²) in [7, 11) is 0. The van der Waals surface area contributed by atoms with E-state index in [1.165, 1.54) is 0 Å². The van der Waals surface area contributed by atoms with Gasteiger partial charge in [-0.2, -0.15) is 0 Å². The van der Waals surface area contributed by atoms with E-state index in [2.05, 4.69) is 0 Å². The Morgan fingerprint density at radius 1 is 1.55 bits per heavy atom. The first kappa shape index (κ1) is 10.4. The molecule has 4 nitrogen and oxygen atoms in total. The minimum Gasteiger partial charge on any atom is -0.481 e. The molecule has 4 N–H and O–H groups in total. The zero-order chi connectivity index (χ0) is 9.02. The fourth-order valence-corrected chi connectivity index (χ4v) is 0.759. The van der Waals surface area contributed by atoms with Crippen molar-refractivity contribution in [3.05, 3.63) is 0 Å². The molecule has 0 spiro atoms. The van der Waals surface area contributed by atoms with Crippen molar-refractivity contribution in [1.82, 2.24) is 0 Å². The van der Waals surface area contributed by atoms with Crippen LogP contribution in [0.5, 0.6) is 0 Å². The van der Waals surface area contributed by atoms with E-state index in [0.29, 0.717) is 0 Å². The third-order valence-corrected chi connectivity index (χ3v) is 1.60. The molecule has 0 amide bonds. The molecule has 0 aliphatic heterocycles. The van der Waals surface area contributed by atoms with Gasteiger partial charge in [0, 0.05) is 6.04 Å². The lowest BCUT2D eigenvalue weighted by Gasteiger charge is -2.20. The molecule has 66 valence electrons. The second kappa shape index (κ2) is 4.31. The Balaban J connectivity index is 3.82. The predicted octanol–water partition coefficient (Wildman–Crippen LogP) is -0.195.